The molecule has 1 amide bonds. The normalized spacial score (nSPS) is 15.2. The van der Waals surface area contributed by atoms with Crippen LogP contribution in [0.3, 0.4) is 0 Å². The standard InChI is InChI=1S/C6H7F5NO/c1-4(12-3-13)2-5(7,8)6(9,10)11/h4H,2H2,1H3,(H,12,13). The van der Waals surface area contributed by atoms with Crippen molar-refractivity contribution in [2.24, 2.45) is 0 Å². The molecule has 0 aliphatic rings. The van der Waals surface area contributed by atoms with Crippen molar-refractivity contribution in [3.8, 4) is 0 Å². The summed E-state index contributed by atoms with van der Waals surface area (Å²) in [6.07, 6.45) is -6.02. The van der Waals surface area contributed by atoms with E-state index in [2.05, 4.69) is 0 Å². The fourth-order valence-corrected chi connectivity index (χ4v) is 0.652. The van der Waals surface area contributed by atoms with Gasteiger partial charge in [-0.05, 0) is 6.92 Å². The highest BCUT2D eigenvalue weighted by molar-refractivity contribution is 5.47. The maximum Gasteiger partial charge on any atom is 0.453 e. The van der Waals surface area contributed by atoms with Crippen LogP contribution in [0.4, 0.5) is 22.0 Å². The zero-order valence-corrected chi connectivity index (χ0v) is 6.58. The first-order valence-corrected chi connectivity index (χ1v) is 3.28. The number of amides is 1. The summed E-state index contributed by atoms with van der Waals surface area (Å²) in [4.78, 5) is 9.59. The molecule has 0 saturated heterocycles. The van der Waals surface area contributed by atoms with Crippen molar-refractivity contribution in [3.05, 3.63) is 0 Å². The number of hydrogen-bond acceptors (Lipinski definition) is 1. The van der Waals surface area contributed by atoms with Crippen molar-refractivity contribution in [1.82, 2.24) is 5.32 Å². The Balaban J connectivity index is 4.24. The third-order valence-corrected chi connectivity index (χ3v) is 1.28. The van der Waals surface area contributed by atoms with Crippen LogP contribution in [0.25, 0.3) is 0 Å². The highest BCUT2D eigenvalue weighted by atomic mass is 19.4. The molecule has 0 aliphatic carbocycles. The van der Waals surface area contributed by atoms with E-state index in [1.54, 1.807) is 5.32 Å². The van der Waals surface area contributed by atoms with Crippen molar-refractivity contribution in [2.45, 2.75) is 31.5 Å². The predicted molar refractivity (Wildman–Crippen MR) is 33.9 cm³/mol. The van der Waals surface area contributed by atoms with Crippen molar-refractivity contribution in [1.29, 1.82) is 0 Å². The zero-order valence-electron chi connectivity index (χ0n) is 6.58. The van der Waals surface area contributed by atoms with Gasteiger partial charge in [0.05, 0.1) is 0 Å². The molecule has 0 saturated carbocycles. The van der Waals surface area contributed by atoms with Gasteiger partial charge in [-0.15, -0.1) is 0 Å². The van der Waals surface area contributed by atoms with Crippen molar-refractivity contribution >= 4 is 6.41 Å². The number of hydrogen-bond donors (Lipinski definition) is 1. The summed E-state index contributed by atoms with van der Waals surface area (Å²) in [5.41, 5.74) is 0. The Labute approximate surface area is 71.1 Å². The van der Waals surface area contributed by atoms with E-state index in [1.165, 1.54) is 0 Å². The molecule has 0 bridgehead atoms. The van der Waals surface area contributed by atoms with Gasteiger partial charge >= 0.3 is 18.5 Å². The summed E-state index contributed by atoms with van der Waals surface area (Å²) in [6, 6.07) is -1.27. The highest BCUT2D eigenvalue weighted by Gasteiger charge is 2.57. The van der Waals surface area contributed by atoms with Gasteiger partial charge in [0.1, 0.15) is 0 Å². The van der Waals surface area contributed by atoms with Crippen molar-refractivity contribution in [2.75, 3.05) is 0 Å². The van der Waals surface area contributed by atoms with E-state index < -0.39 is 24.6 Å². The largest absolute Gasteiger partial charge is 0.453 e. The fraction of sp³-hybridized carbons (Fsp3) is 0.833. The van der Waals surface area contributed by atoms with E-state index in [0.717, 1.165) is 13.3 Å². The first-order chi connectivity index (χ1) is 5.70. The second kappa shape index (κ2) is 3.89. The maximum absolute atomic E-state index is 12.2. The summed E-state index contributed by atoms with van der Waals surface area (Å²) < 4.78 is 59.1. The minimum absolute atomic E-state index is 1.03. The number of rotatable bonds is 4. The molecule has 1 radical (unpaired) electrons. The molecular weight excluding hydrogens is 197 g/mol. The second-order valence-corrected chi connectivity index (χ2v) is 2.55. The lowest BCUT2D eigenvalue weighted by molar-refractivity contribution is -0.285. The van der Waals surface area contributed by atoms with Crippen LogP contribution in [0.15, 0.2) is 0 Å². The Morgan fingerprint density at radius 2 is 1.77 bits per heavy atom. The van der Waals surface area contributed by atoms with E-state index in [4.69, 9.17) is 0 Å². The molecule has 1 atom stereocenters. The van der Waals surface area contributed by atoms with Gasteiger partial charge in [-0.3, -0.25) is 4.79 Å². The van der Waals surface area contributed by atoms with Crippen LogP contribution < -0.4 is 5.32 Å². The SMILES string of the molecule is CC(CC(F)(F)C(F)(F)F)N[C]=O. The quantitative estimate of drug-likeness (QED) is 0.547. The molecule has 0 fully saturated rings. The molecule has 0 spiro atoms. The third kappa shape index (κ3) is 3.56. The van der Waals surface area contributed by atoms with Crippen molar-refractivity contribution < 1.29 is 26.7 Å². The van der Waals surface area contributed by atoms with Gasteiger partial charge in [-0.25, -0.2) is 0 Å². The average molecular weight is 204 g/mol. The Hall–Kier alpha value is -0.880. The first kappa shape index (κ1) is 12.1. The monoisotopic (exact) mass is 204 g/mol. The smallest absolute Gasteiger partial charge is 0.345 e. The first-order valence-electron chi connectivity index (χ1n) is 3.28. The number of alkyl halides is 5. The van der Waals surface area contributed by atoms with Gasteiger partial charge < -0.3 is 5.32 Å². The van der Waals surface area contributed by atoms with Gasteiger partial charge in [-0.1, -0.05) is 0 Å². The van der Waals surface area contributed by atoms with Gasteiger partial charge in [-0.2, -0.15) is 22.0 Å². The van der Waals surface area contributed by atoms with Crippen molar-refractivity contribution in [3.63, 3.8) is 0 Å². The molecule has 2 nitrogen and oxygen atoms in total. The lowest BCUT2D eigenvalue weighted by Gasteiger charge is -2.22. The van der Waals surface area contributed by atoms with Gasteiger partial charge in [0.2, 0.25) is 0 Å². The minimum Gasteiger partial charge on any atom is -0.345 e. The number of carbonyl (C=O) groups excluding carboxylic acids is 1. The van der Waals surface area contributed by atoms with Crippen LogP contribution in [0.2, 0.25) is 0 Å². The summed E-state index contributed by atoms with van der Waals surface area (Å²) >= 11 is 0. The summed E-state index contributed by atoms with van der Waals surface area (Å²) in [5.74, 6) is -4.78. The van der Waals surface area contributed by atoms with E-state index in [1.807, 2.05) is 0 Å². The van der Waals surface area contributed by atoms with Crippen LogP contribution in [0, 0.1) is 0 Å². The molecule has 0 rings (SSSR count). The molecule has 0 aromatic heterocycles. The molecule has 1 N–H and O–H groups in total. The Kier molecular flexibility index (Phi) is 3.62. The molecule has 77 valence electrons. The highest BCUT2D eigenvalue weighted by Crippen LogP contribution is 2.38. The molecule has 0 heterocycles. The molecular formula is C6H7F5NO. The Morgan fingerprint density at radius 1 is 1.31 bits per heavy atom. The Bertz CT molecular complexity index is 178. The fourth-order valence-electron chi connectivity index (χ4n) is 0.652. The topological polar surface area (TPSA) is 29.1 Å². The predicted octanol–water partition coefficient (Wildman–Crippen LogP) is 1.62. The average Bonchev–Trinajstić information content (AvgIpc) is 1.83. The number of nitrogens with one attached hydrogen (secondary N) is 1. The molecule has 13 heavy (non-hydrogen) atoms. The summed E-state index contributed by atoms with van der Waals surface area (Å²) in [6.45, 7) is 1.03. The molecule has 0 aromatic carbocycles. The molecule has 1 unspecified atom stereocenters. The van der Waals surface area contributed by atoms with E-state index >= 15 is 0 Å². The number of halogens is 5. The van der Waals surface area contributed by atoms with Gasteiger partial charge in [0, 0.05) is 12.5 Å². The van der Waals surface area contributed by atoms with Crippen LogP contribution in [0.5, 0.6) is 0 Å². The van der Waals surface area contributed by atoms with Crippen LogP contribution in [0.1, 0.15) is 13.3 Å². The van der Waals surface area contributed by atoms with Crippen LogP contribution in [-0.4, -0.2) is 24.6 Å². The van der Waals surface area contributed by atoms with E-state index in [0.29, 0.717) is 0 Å². The van der Waals surface area contributed by atoms with E-state index in [9.17, 15) is 26.7 Å². The minimum atomic E-state index is -5.58. The molecule has 0 aromatic rings. The lowest BCUT2D eigenvalue weighted by atomic mass is 10.1. The Morgan fingerprint density at radius 3 is 2.08 bits per heavy atom. The van der Waals surface area contributed by atoms with Gasteiger partial charge in [0.15, 0.2) is 0 Å². The van der Waals surface area contributed by atoms with Gasteiger partial charge in [0.25, 0.3) is 0 Å². The zero-order chi connectivity index (χ0) is 10.7. The molecule has 0 aliphatic heterocycles. The van der Waals surface area contributed by atoms with Crippen LogP contribution >= 0.6 is 0 Å². The lowest BCUT2D eigenvalue weighted by Crippen LogP contribution is -2.42. The maximum atomic E-state index is 12.2. The molecule has 7 heteroatoms. The third-order valence-electron chi connectivity index (χ3n) is 1.28. The van der Waals surface area contributed by atoms with E-state index in [-0.39, 0.29) is 0 Å². The van der Waals surface area contributed by atoms with Crippen LogP contribution in [-0.2, 0) is 4.79 Å². The summed E-state index contributed by atoms with van der Waals surface area (Å²) in [7, 11) is 0. The summed E-state index contributed by atoms with van der Waals surface area (Å²) in [5, 5.41) is 1.69. The second-order valence-electron chi connectivity index (χ2n) is 2.55.